The van der Waals surface area contributed by atoms with Gasteiger partial charge in [-0.05, 0) is 37.0 Å². The Morgan fingerprint density at radius 2 is 1.92 bits per heavy atom. The Bertz CT molecular complexity index is 151. The summed E-state index contributed by atoms with van der Waals surface area (Å²) in [7, 11) is 0. The minimum Gasteiger partial charge on any atom is -0.0877 e. The maximum absolute atomic E-state index is 2.47. The highest BCUT2D eigenvalue weighted by Crippen LogP contribution is 2.40. The maximum Gasteiger partial charge on any atom is -0.0121 e. The van der Waals surface area contributed by atoms with Crippen molar-refractivity contribution in [3.8, 4) is 0 Å². The first-order chi connectivity index (χ1) is 5.76. The molecule has 0 amide bonds. The molecule has 1 rings (SSSR count). The molecular formula is C12H22. The van der Waals surface area contributed by atoms with E-state index in [-0.39, 0.29) is 0 Å². The summed E-state index contributed by atoms with van der Waals surface area (Å²) in [5.74, 6) is 0.954. The first kappa shape index (κ1) is 9.83. The molecule has 0 aromatic rings. The van der Waals surface area contributed by atoms with E-state index >= 15 is 0 Å². The molecule has 0 nitrogen and oxygen atoms in total. The van der Waals surface area contributed by atoms with Gasteiger partial charge in [-0.25, -0.2) is 0 Å². The molecule has 0 spiro atoms. The topological polar surface area (TPSA) is 0 Å². The van der Waals surface area contributed by atoms with Crippen LogP contribution in [0.15, 0.2) is 12.2 Å². The van der Waals surface area contributed by atoms with Crippen LogP contribution in [0.25, 0.3) is 0 Å². The minimum absolute atomic E-state index is 0.554. The fourth-order valence-corrected chi connectivity index (χ4v) is 2.32. The molecule has 0 heteroatoms. The summed E-state index contributed by atoms with van der Waals surface area (Å²) >= 11 is 0. The second-order valence-electron chi connectivity index (χ2n) is 4.19. The van der Waals surface area contributed by atoms with Crippen molar-refractivity contribution in [3.63, 3.8) is 0 Å². The molecule has 0 aromatic heterocycles. The van der Waals surface area contributed by atoms with Crippen LogP contribution < -0.4 is 0 Å². The first-order valence-electron chi connectivity index (χ1n) is 5.44. The predicted octanol–water partition coefficient (Wildman–Crippen LogP) is 4.17. The molecular weight excluding hydrogens is 144 g/mol. The molecule has 0 N–H and O–H groups in total. The highest BCUT2D eigenvalue weighted by Gasteiger charge is 2.28. The van der Waals surface area contributed by atoms with E-state index in [0.29, 0.717) is 5.41 Å². The van der Waals surface area contributed by atoms with Gasteiger partial charge in [0.1, 0.15) is 0 Å². The van der Waals surface area contributed by atoms with Crippen LogP contribution in [0, 0.1) is 11.3 Å². The van der Waals surface area contributed by atoms with Crippen molar-refractivity contribution in [1.82, 2.24) is 0 Å². The molecule has 0 saturated heterocycles. The zero-order valence-electron chi connectivity index (χ0n) is 8.77. The Kier molecular flexibility index (Phi) is 3.37. The van der Waals surface area contributed by atoms with E-state index in [1.807, 2.05) is 0 Å². The zero-order chi connectivity index (χ0) is 9.03. The second-order valence-corrected chi connectivity index (χ2v) is 4.19. The van der Waals surface area contributed by atoms with Crippen LogP contribution in [0.5, 0.6) is 0 Å². The second kappa shape index (κ2) is 4.11. The molecule has 0 bridgehead atoms. The van der Waals surface area contributed by atoms with Crippen LogP contribution >= 0.6 is 0 Å². The van der Waals surface area contributed by atoms with Crippen molar-refractivity contribution in [3.05, 3.63) is 12.2 Å². The molecule has 12 heavy (non-hydrogen) atoms. The lowest BCUT2D eigenvalue weighted by molar-refractivity contribution is 0.241. The lowest BCUT2D eigenvalue weighted by Gasteiger charge is -2.35. The van der Waals surface area contributed by atoms with E-state index < -0.39 is 0 Å². The van der Waals surface area contributed by atoms with Gasteiger partial charge >= 0.3 is 0 Å². The largest absolute Gasteiger partial charge is 0.0877 e. The molecule has 0 radical (unpaired) electrons. The normalized spacial score (nSPS) is 27.4. The van der Waals surface area contributed by atoms with Crippen LogP contribution in [0.3, 0.4) is 0 Å². The summed E-state index contributed by atoms with van der Waals surface area (Å²) in [5.41, 5.74) is 0.554. The van der Waals surface area contributed by atoms with E-state index in [1.54, 1.807) is 0 Å². The van der Waals surface area contributed by atoms with E-state index in [0.717, 1.165) is 5.92 Å². The van der Waals surface area contributed by atoms with Crippen molar-refractivity contribution < 1.29 is 0 Å². The third-order valence-corrected chi connectivity index (χ3v) is 3.62. The Balaban J connectivity index is 2.65. The molecule has 0 fully saturated rings. The van der Waals surface area contributed by atoms with Crippen molar-refractivity contribution in [2.45, 2.75) is 52.9 Å². The highest BCUT2D eigenvalue weighted by atomic mass is 14.3. The summed E-state index contributed by atoms with van der Waals surface area (Å²) in [6.45, 7) is 6.97. The van der Waals surface area contributed by atoms with Crippen LogP contribution in [-0.4, -0.2) is 0 Å². The van der Waals surface area contributed by atoms with E-state index in [9.17, 15) is 0 Å². The number of allylic oxidation sites excluding steroid dienone is 2. The van der Waals surface area contributed by atoms with Crippen molar-refractivity contribution in [2.24, 2.45) is 11.3 Å². The lowest BCUT2D eigenvalue weighted by Crippen LogP contribution is -2.23. The standard InChI is InChI=1S/C12H22/c1-4-11-8-7-9-12(5-2,6-3)10-11/h7,9,11H,4-6,8,10H2,1-3H3. The average Bonchev–Trinajstić information content (AvgIpc) is 2.18. The molecule has 1 unspecified atom stereocenters. The van der Waals surface area contributed by atoms with Crippen LogP contribution in [0.1, 0.15) is 52.9 Å². The highest BCUT2D eigenvalue weighted by molar-refractivity contribution is 5.04. The Hall–Kier alpha value is -0.260. The van der Waals surface area contributed by atoms with E-state index in [1.165, 1.54) is 32.1 Å². The van der Waals surface area contributed by atoms with Crippen LogP contribution in [0.4, 0.5) is 0 Å². The van der Waals surface area contributed by atoms with Crippen molar-refractivity contribution in [2.75, 3.05) is 0 Å². The molecule has 0 aliphatic heterocycles. The van der Waals surface area contributed by atoms with Gasteiger partial charge in [-0.1, -0.05) is 39.3 Å². The van der Waals surface area contributed by atoms with Gasteiger partial charge in [0.05, 0.1) is 0 Å². The lowest BCUT2D eigenvalue weighted by atomic mass is 9.70. The Morgan fingerprint density at radius 1 is 1.25 bits per heavy atom. The average molecular weight is 166 g/mol. The monoisotopic (exact) mass is 166 g/mol. The van der Waals surface area contributed by atoms with Gasteiger partial charge in [-0.2, -0.15) is 0 Å². The minimum atomic E-state index is 0.554. The molecule has 0 heterocycles. The summed E-state index contributed by atoms with van der Waals surface area (Å²) in [6, 6.07) is 0. The Morgan fingerprint density at radius 3 is 2.42 bits per heavy atom. The maximum atomic E-state index is 2.47. The third-order valence-electron chi connectivity index (χ3n) is 3.62. The number of rotatable bonds is 3. The fourth-order valence-electron chi connectivity index (χ4n) is 2.32. The quantitative estimate of drug-likeness (QED) is 0.552. The summed E-state index contributed by atoms with van der Waals surface area (Å²) < 4.78 is 0. The van der Waals surface area contributed by atoms with Gasteiger partial charge in [-0.3, -0.25) is 0 Å². The number of hydrogen-bond donors (Lipinski definition) is 0. The smallest absolute Gasteiger partial charge is 0.0121 e. The van der Waals surface area contributed by atoms with Crippen LogP contribution in [-0.2, 0) is 0 Å². The third kappa shape index (κ3) is 1.91. The fraction of sp³-hybridized carbons (Fsp3) is 0.833. The molecule has 0 aromatic carbocycles. The van der Waals surface area contributed by atoms with Gasteiger partial charge < -0.3 is 0 Å². The number of hydrogen-bond acceptors (Lipinski definition) is 0. The predicted molar refractivity (Wildman–Crippen MR) is 55.2 cm³/mol. The summed E-state index contributed by atoms with van der Waals surface area (Å²) in [6.07, 6.45) is 11.6. The van der Waals surface area contributed by atoms with Gasteiger partial charge in [0.15, 0.2) is 0 Å². The van der Waals surface area contributed by atoms with Crippen LogP contribution in [0.2, 0.25) is 0 Å². The van der Waals surface area contributed by atoms with E-state index in [4.69, 9.17) is 0 Å². The van der Waals surface area contributed by atoms with E-state index in [2.05, 4.69) is 32.9 Å². The molecule has 70 valence electrons. The first-order valence-corrected chi connectivity index (χ1v) is 5.44. The zero-order valence-corrected chi connectivity index (χ0v) is 8.77. The molecule has 1 aliphatic carbocycles. The summed E-state index contributed by atoms with van der Waals surface area (Å²) in [4.78, 5) is 0. The van der Waals surface area contributed by atoms with Crippen molar-refractivity contribution in [1.29, 1.82) is 0 Å². The molecule has 1 aliphatic rings. The van der Waals surface area contributed by atoms with Gasteiger partial charge in [-0.15, -0.1) is 0 Å². The molecule has 0 saturated carbocycles. The summed E-state index contributed by atoms with van der Waals surface area (Å²) in [5, 5.41) is 0. The van der Waals surface area contributed by atoms with Gasteiger partial charge in [0.2, 0.25) is 0 Å². The van der Waals surface area contributed by atoms with Gasteiger partial charge in [0, 0.05) is 0 Å². The Labute approximate surface area is 77.1 Å². The SMILES string of the molecule is CCC1CC=CC(CC)(CC)C1. The van der Waals surface area contributed by atoms with Crippen molar-refractivity contribution >= 4 is 0 Å². The molecule has 1 atom stereocenters. The van der Waals surface area contributed by atoms with Gasteiger partial charge in [0.25, 0.3) is 0 Å².